The van der Waals surface area contributed by atoms with Crippen LogP contribution < -0.4 is 14.8 Å². The maximum atomic E-state index is 12.6. The Morgan fingerprint density at radius 3 is 2.50 bits per heavy atom. The number of methoxy groups -OCH3 is 2. The second-order valence-corrected chi connectivity index (χ2v) is 5.45. The number of carbonyl (C=O) groups excluding carboxylic acids is 1. The number of carbonyl (C=O) groups is 1. The zero-order chi connectivity index (χ0) is 18.9. The van der Waals surface area contributed by atoms with E-state index in [0.29, 0.717) is 23.5 Å². The fourth-order valence-electron chi connectivity index (χ4n) is 2.45. The van der Waals surface area contributed by atoms with Crippen LogP contribution in [0.5, 0.6) is 11.5 Å². The summed E-state index contributed by atoms with van der Waals surface area (Å²) in [4.78, 5) is 15.4. The minimum absolute atomic E-state index is 0.259. The lowest BCUT2D eigenvalue weighted by molar-refractivity contribution is 0.0933. The summed E-state index contributed by atoms with van der Waals surface area (Å²) in [5, 5.41) is 21.5. The first kappa shape index (κ1) is 18.8. The molecule has 0 aliphatic carbocycles. The predicted octanol–water partition coefficient (Wildman–Crippen LogP) is 3.30. The number of benzene rings is 2. The van der Waals surface area contributed by atoms with Crippen molar-refractivity contribution in [2.45, 2.75) is 12.5 Å². The molecule has 0 spiro atoms. The number of hydrogen-bond donors (Lipinski definition) is 2. The molecular weight excluding hydrogens is 334 g/mol. The Hall–Kier alpha value is -3.53. The largest absolute Gasteiger partial charge is 0.504 e. The van der Waals surface area contributed by atoms with Crippen molar-refractivity contribution in [1.29, 1.82) is 5.39 Å². The van der Waals surface area contributed by atoms with Crippen LogP contribution in [0.25, 0.3) is 4.98 Å². The fraction of sp³-hybridized carbons (Fsp3) is 0.211. The summed E-state index contributed by atoms with van der Waals surface area (Å²) in [6, 6.07) is 13.3. The van der Waals surface area contributed by atoms with Crippen LogP contribution in [0.15, 0.2) is 60.5 Å². The molecule has 2 N–H and O–H groups in total. The number of hydrogen-bond acceptors (Lipinski definition) is 5. The average Bonchev–Trinajstić information content (AvgIpc) is 2.67. The lowest BCUT2D eigenvalue weighted by Gasteiger charge is -2.17. The standard InChI is InChI=1S/C19H19N3O4/c1-25-17-9-8-14(11-18(17)26-2)19(24)22-15(16(23)12-21-20)10-13-6-4-3-5-7-13/h3-9,11-12,15H,10H2,1-2H3,(H-,22,23,24)/p+1. The quantitative estimate of drug-likeness (QED) is 0.587. The molecule has 0 heterocycles. The van der Waals surface area contributed by atoms with Gasteiger partial charge in [0.05, 0.1) is 20.3 Å². The SMILES string of the molecule is COc1ccc(C(=O)NC(Cc2ccccc2)C(O)=C[N+]#N)cc1OC. The molecule has 1 unspecified atom stereocenters. The summed E-state index contributed by atoms with van der Waals surface area (Å²) < 4.78 is 10.4. The fourth-order valence-corrected chi connectivity index (χ4v) is 2.45. The Morgan fingerprint density at radius 1 is 1.19 bits per heavy atom. The molecule has 0 aliphatic heterocycles. The average molecular weight is 354 g/mol. The van der Waals surface area contributed by atoms with Gasteiger partial charge in [0, 0.05) is 12.0 Å². The van der Waals surface area contributed by atoms with Gasteiger partial charge < -0.3 is 19.9 Å². The Kier molecular flexibility index (Phi) is 6.57. The van der Waals surface area contributed by atoms with Gasteiger partial charge >= 0.3 is 6.20 Å². The summed E-state index contributed by atoms with van der Waals surface area (Å²) >= 11 is 0. The number of amides is 1. The summed E-state index contributed by atoms with van der Waals surface area (Å²) in [7, 11) is 2.99. The van der Waals surface area contributed by atoms with Gasteiger partial charge in [0.25, 0.3) is 5.91 Å². The third kappa shape index (κ3) is 4.74. The molecule has 0 aliphatic rings. The van der Waals surface area contributed by atoms with Gasteiger partial charge in [0.15, 0.2) is 16.5 Å². The van der Waals surface area contributed by atoms with Crippen molar-refractivity contribution in [3.05, 3.63) is 76.6 Å². The van der Waals surface area contributed by atoms with E-state index >= 15 is 0 Å². The Bertz CT molecular complexity index is 828. The molecule has 1 atom stereocenters. The Balaban J connectivity index is 2.23. The van der Waals surface area contributed by atoms with Crippen LogP contribution in [0.1, 0.15) is 15.9 Å². The van der Waals surface area contributed by atoms with Crippen molar-refractivity contribution in [2.24, 2.45) is 0 Å². The molecule has 0 saturated carbocycles. The Morgan fingerprint density at radius 2 is 1.88 bits per heavy atom. The van der Waals surface area contributed by atoms with Crippen LogP contribution in [0.3, 0.4) is 0 Å². The zero-order valence-electron chi connectivity index (χ0n) is 14.5. The molecule has 1 amide bonds. The van der Waals surface area contributed by atoms with Crippen LogP contribution >= 0.6 is 0 Å². The maximum Gasteiger partial charge on any atom is 0.389 e. The smallest absolute Gasteiger partial charge is 0.389 e. The van der Waals surface area contributed by atoms with E-state index in [-0.39, 0.29) is 5.76 Å². The second-order valence-electron chi connectivity index (χ2n) is 5.45. The molecular formula is C19H20N3O4+. The lowest BCUT2D eigenvalue weighted by Crippen LogP contribution is -2.38. The van der Waals surface area contributed by atoms with E-state index in [0.717, 1.165) is 11.8 Å². The number of ether oxygens (including phenoxy) is 2. The zero-order valence-corrected chi connectivity index (χ0v) is 14.5. The molecule has 0 aromatic heterocycles. The third-order valence-electron chi connectivity index (χ3n) is 3.78. The van der Waals surface area contributed by atoms with Crippen LogP contribution in [0.4, 0.5) is 0 Å². The van der Waals surface area contributed by atoms with Crippen molar-refractivity contribution >= 4 is 5.91 Å². The number of aliphatic hydroxyl groups is 1. The molecule has 134 valence electrons. The minimum Gasteiger partial charge on any atom is -0.504 e. The van der Waals surface area contributed by atoms with Crippen LogP contribution in [-0.2, 0) is 6.42 Å². The number of rotatable bonds is 7. The summed E-state index contributed by atoms with van der Waals surface area (Å²) in [5.41, 5.74) is 1.25. The van der Waals surface area contributed by atoms with Crippen molar-refractivity contribution in [3.8, 4) is 11.5 Å². The van der Waals surface area contributed by atoms with E-state index in [1.807, 2.05) is 30.3 Å². The first-order chi connectivity index (χ1) is 12.6. The topological polar surface area (TPSA) is 95.9 Å². The molecule has 2 rings (SSSR count). The van der Waals surface area contributed by atoms with Crippen LogP contribution in [-0.4, -0.2) is 31.3 Å². The number of nitrogens with zero attached hydrogens (tertiary/aromatic N) is 2. The van der Waals surface area contributed by atoms with Crippen molar-refractivity contribution in [2.75, 3.05) is 14.2 Å². The van der Waals surface area contributed by atoms with E-state index in [9.17, 15) is 9.90 Å². The lowest BCUT2D eigenvalue weighted by atomic mass is 10.0. The molecule has 0 radical (unpaired) electrons. The van der Waals surface area contributed by atoms with Crippen molar-refractivity contribution in [3.63, 3.8) is 0 Å². The summed E-state index contributed by atoms with van der Waals surface area (Å²) in [6.07, 6.45) is 1.22. The molecule has 2 aromatic carbocycles. The normalized spacial score (nSPS) is 12.0. The molecule has 0 bridgehead atoms. The van der Waals surface area contributed by atoms with Gasteiger partial charge in [-0.05, 0) is 23.8 Å². The first-order valence-electron chi connectivity index (χ1n) is 7.89. The van der Waals surface area contributed by atoms with Gasteiger partial charge in [-0.15, -0.1) is 0 Å². The number of aliphatic hydroxyl groups excluding tert-OH is 1. The van der Waals surface area contributed by atoms with E-state index in [1.54, 1.807) is 18.2 Å². The van der Waals surface area contributed by atoms with Crippen LogP contribution in [0.2, 0.25) is 0 Å². The van der Waals surface area contributed by atoms with E-state index in [2.05, 4.69) is 10.3 Å². The minimum atomic E-state index is -0.756. The second kappa shape index (κ2) is 9.08. The highest BCUT2D eigenvalue weighted by Crippen LogP contribution is 2.27. The summed E-state index contributed by atoms with van der Waals surface area (Å²) in [5.74, 6) is 0.256. The van der Waals surface area contributed by atoms with Gasteiger partial charge in [-0.1, -0.05) is 30.3 Å². The van der Waals surface area contributed by atoms with Gasteiger partial charge in [-0.25, -0.2) is 0 Å². The molecule has 7 nitrogen and oxygen atoms in total. The molecule has 26 heavy (non-hydrogen) atoms. The molecule has 7 heteroatoms. The van der Waals surface area contributed by atoms with Crippen molar-refractivity contribution < 1.29 is 19.4 Å². The monoisotopic (exact) mass is 354 g/mol. The van der Waals surface area contributed by atoms with Gasteiger partial charge in [-0.3, -0.25) is 4.79 Å². The molecule has 0 fully saturated rings. The molecule has 2 aromatic rings. The van der Waals surface area contributed by atoms with E-state index in [4.69, 9.17) is 14.9 Å². The predicted molar refractivity (Wildman–Crippen MR) is 96.7 cm³/mol. The van der Waals surface area contributed by atoms with E-state index in [1.165, 1.54) is 14.2 Å². The third-order valence-corrected chi connectivity index (χ3v) is 3.78. The first-order valence-corrected chi connectivity index (χ1v) is 7.89. The van der Waals surface area contributed by atoms with Crippen molar-refractivity contribution in [1.82, 2.24) is 5.32 Å². The highest BCUT2D eigenvalue weighted by atomic mass is 16.5. The highest BCUT2D eigenvalue weighted by molar-refractivity contribution is 5.95. The van der Waals surface area contributed by atoms with Gasteiger partial charge in [0.1, 0.15) is 0 Å². The summed E-state index contributed by atoms with van der Waals surface area (Å²) in [6.45, 7) is 0. The van der Waals surface area contributed by atoms with Gasteiger partial charge in [0.2, 0.25) is 11.2 Å². The highest BCUT2D eigenvalue weighted by Gasteiger charge is 2.22. The van der Waals surface area contributed by atoms with Crippen LogP contribution in [0, 0.1) is 5.39 Å². The molecule has 0 saturated heterocycles. The van der Waals surface area contributed by atoms with E-state index < -0.39 is 11.9 Å². The maximum absolute atomic E-state index is 12.6. The number of nitrogens with one attached hydrogen (secondary N) is 1. The Labute approximate surface area is 151 Å². The van der Waals surface area contributed by atoms with Gasteiger partial charge in [-0.2, -0.15) is 0 Å². The number of diazo groups is 1.